The standard InChI is InChI=1S/C23H20N4O5S/c1-11-8-13(3)16(9-12(11)2)17-10-33-23(24-17)25-20(28)14(4)26-21(29)15-6-5-7-18(27(31)32)19(15)22(26)30/h5-10,14H,1-4H3,(H,24,25,28). The maximum absolute atomic E-state index is 12.8. The van der Waals surface area contributed by atoms with Gasteiger partial charge in [0.2, 0.25) is 5.91 Å². The Balaban J connectivity index is 1.55. The first kappa shape index (κ1) is 22.3. The monoisotopic (exact) mass is 464 g/mol. The van der Waals surface area contributed by atoms with Crippen LogP contribution >= 0.6 is 11.3 Å². The summed E-state index contributed by atoms with van der Waals surface area (Å²) in [5.41, 5.74) is 4.18. The van der Waals surface area contributed by atoms with E-state index >= 15 is 0 Å². The summed E-state index contributed by atoms with van der Waals surface area (Å²) < 4.78 is 0. The van der Waals surface area contributed by atoms with Gasteiger partial charge in [-0.3, -0.25) is 29.4 Å². The SMILES string of the molecule is Cc1cc(C)c(-c2csc(NC(=O)C(C)N3C(=O)c4cccc([N+](=O)[O-])c4C3=O)n2)cc1C. The maximum Gasteiger partial charge on any atom is 0.282 e. The van der Waals surface area contributed by atoms with Crippen LogP contribution in [0.5, 0.6) is 0 Å². The second-order valence-electron chi connectivity index (χ2n) is 7.89. The van der Waals surface area contributed by atoms with Crippen LogP contribution in [0.4, 0.5) is 10.8 Å². The van der Waals surface area contributed by atoms with Crippen molar-refractivity contribution in [2.45, 2.75) is 33.7 Å². The third-order valence-corrected chi connectivity index (χ3v) is 6.50. The van der Waals surface area contributed by atoms with E-state index in [1.165, 1.54) is 36.0 Å². The lowest BCUT2D eigenvalue weighted by atomic mass is 9.99. The molecule has 0 bridgehead atoms. The summed E-state index contributed by atoms with van der Waals surface area (Å²) in [6.07, 6.45) is 0. The minimum atomic E-state index is -1.19. The lowest BCUT2D eigenvalue weighted by Gasteiger charge is -2.20. The number of nitro groups is 1. The predicted octanol–water partition coefficient (Wildman–Crippen LogP) is 4.27. The van der Waals surface area contributed by atoms with E-state index in [9.17, 15) is 24.5 Å². The van der Waals surface area contributed by atoms with Gasteiger partial charge in [0.15, 0.2) is 5.13 Å². The molecule has 1 N–H and O–H groups in total. The van der Waals surface area contributed by atoms with Crippen LogP contribution in [-0.2, 0) is 4.79 Å². The Morgan fingerprint density at radius 3 is 2.48 bits per heavy atom. The van der Waals surface area contributed by atoms with Gasteiger partial charge in [-0.15, -0.1) is 11.3 Å². The van der Waals surface area contributed by atoms with Crippen LogP contribution in [0.15, 0.2) is 35.7 Å². The van der Waals surface area contributed by atoms with Crippen molar-refractivity contribution in [2.75, 3.05) is 5.32 Å². The highest BCUT2D eigenvalue weighted by molar-refractivity contribution is 7.14. The maximum atomic E-state index is 12.8. The smallest absolute Gasteiger partial charge is 0.282 e. The Labute approximate surface area is 193 Å². The summed E-state index contributed by atoms with van der Waals surface area (Å²) in [5, 5.41) is 16.1. The molecule has 10 heteroatoms. The van der Waals surface area contributed by atoms with Gasteiger partial charge in [-0.2, -0.15) is 0 Å². The van der Waals surface area contributed by atoms with Gasteiger partial charge in [0.1, 0.15) is 11.6 Å². The quantitative estimate of drug-likeness (QED) is 0.342. The lowest BCUT2D eigenvalue weighted by Crippen LogP contribution is -2.45. The second-order valence-corrected chi connectivity index (χ2v) is 8.75. The molecule has 0 fully saturated rings. The number of aromatic nitrogens is 1. The second kappa shape index (κ2) is 8.21. The fourth-order valence-electron chi connectivity index (χ4n) is 3.81. The number of anilines is 1. The van der Waals surface area contributed by atoms with E-state index in [1.54, 1.807) is 0 Å². The zero-order chi connectivity index (χ0) is 24.0. The molecular weight excluding hydrogens is 444 g/mol. The molecule has 1 aromatic heterocycles. The number of thiazole rings is 1. The number of hydrogen-bond acceptors (Lipinski definition) is 7. The van der Waals surface area contributed by atoms with Gasteiger partial charge in [0.25, 0.3) is 17.5 Å². The highest BCUT2D eigenvalue weighted by atomic mass is 32.1. The molecule has 0 radical (unpaired) electrons. The number of imide groups is 1. The van der Waals surface area contributed by atoms with E-state index in [1.807, 2.05) is 32.2 Å². The Hall–Kier alpha value is -3.92. The summed E-state index contributed by atoms with van der Waals surface area (Å²) in [6, 6.07) is 6.76. The van der Waals surface area contributed by atoms with Crippen LogP contribution in [0.2, 0.25) is 0 Å². The molecule has 0 saturated carbocycles. The summed E-state index contributed by atoms with van der Waals surface area (Å²) >= 11 is 1.23. The van der Waals surface area contributed by atoms with E-state index in [0.29, 0.717) is 10.8 Å². The number of fused-ring (bicyclic) bond motifs is 1. The third-order valence-electron chi connectivity index (χ3n) is 5.74. The molecule has 9 nitrogen and oxygen atoms in total. The highest BCUT2D eigenvalue weighted by Crippen LogP contribution is 2.33. The fourth-order valence-corrected chi connectivity index (χ4v) is 4.52. The normalized spacial score (nSPS) is 13.8. The van der Waals surface area contributed by atoms with Gasteiger partial charge in [0, 0.05) is 17.0 Å². The first-order valence-electron chi connectivity index (χ1n) is 10.1. The predicted molar refractivity (Wildman–Crippen MR) is 123 cm³/mol. The van der Waals surface area contributed by atoms with E-state index in [-0.39, 0.29) is 11.1 Å². The summed E-state index contributed by atoms with van der Waals surface area (Å²) in [7, 11) is 0. The Morgan fingerprint density at radius 1 is 1.09 bits per heavy atom. The molecule has 2 aromatic carbocycles. The molecule has 3 amide bonds. The number of carbonyl (C=O) groups is 3. The Bertz CT molecular complexity index is 1350. The number of rotatable bonds is 5. The Morgan fingerprint density at radius 2 is 1.79 bits per heavy atom. The average Bonchev–Trinajstić information content (AvgIpc) is 3.32. The van der Waals surface area contributed by atoms with E-state index < -0.39 is 34.4 Å². The van der Waals surface area contributed by atoms with Gasteiger partial charge in [0.05, 0.1) is 16.2 Å². The van der Waals surface area contributed by atoms with Crippen molar-refractivity contribution in [1.82, 2.24) is 9.88 Å². The van der Waals surface area contributed by atoms with E-state index in [2.05, 4.69) is 16.4 Å². The molecule has 3 aromatic rings. The highest BCUT2D eigenvalue weighted by Gasteiger charge is 2.44. The molecule has 1 unspecified atom stereocenters. The first-order chi connectivity index (χ1) is 15.6. The minimum absolute atomic E-state index is 0.0874. The van der Waals surface area contributed by atoms with Crippen molar-refractivity contribution < 1.29 is 19.3 Å². The molecule has 1 aliphatic heterocycles. The minimum Gasteiger partial charge on any atom is -0.300 e. The van der Waals surface area contributed by atoms with Gasteiger partial charge in [-0.1, -0.05) is 12.1 Å². The summed E-state index contributed by atoms with van der Waals surface area (Å²) in [5.74, 6) is -2.23. The zero-order valence-electron chi connectivity index (χ0n) is 18.3. The molecule has 0 aliphatic carbocycles. The summed E-state index contributed by atoms with van der Waals surface area (Å²) in [4.78, 5) is 54.2. The number of aryl methyl sites for hydroxylation is 3. The molecule has 0 spiro atoms. The first-order valence-corrected chi connectivity index (χ1v) is 11.0. The van der Waals surface area contributed by atoms with Crippen molar-refractivity contribution in [3.8, 4) is 11.3 Å². The average molecular weight is 465 g/mol. The van der Waals surface area contributed by atoms with E-state index in [0.717, 1.165) is 27.7 Å². The number of benzene rings is 2. The van der Waals surface area contributed by atoms with Crippen LogP contribution in [-0.4, -0.2) is 38.6 Å². The molecule has 168 valence electrons. The Kier molecular flexibility index (Phi) is 5.54. The fraction of sp³-hybridized carbons (Fsp3) is 0.217. The summed E-state index contributed by atoms with van der Waals surface area (Å²) in [6.45, 7) is 7.43. The van der Waals surface area contributed by atoms with Crippen molar-refractivity contribution in [2.24, 2.45) is 0 Å². The number of nitro benzene ring substituents is 1. The topological polar surface area (TPSA) is 123 Å². The molecule has 1 atom stereocenters. The van der Waals surface area contributed by atoms with Gasteiger partial charge in [-0.05, 0) is 56.5 Å². The number of amides is 3. The van der Waals surface area contributed by atoms with Crippen LogP contribution < -0.4 is 5.32 Å². The van der Waals surface area contributed by atoms with Gasteiger partial charge >= 0.3 is 0 Å². The van der Waals surface area contributed by atoms with E-state index in [4.69, 9.17) is 0 Å². The van der Waals surface area contributed by atoms with Crippen LogP contribution in [0, 0.1) is 30.9 Å². The molecule has 4 rings (SSSR count). The van der Waals surface area contributed by atoms with Crippen LogP contribution in [0.3, 0.4) is 0 Å². The van der Waals surface area contributed by atoms with Crippen molar-refractivity contribution in [1.29, 1.82) is 0 Å². The van der Waals surface area contributed by atoms with Crippen molar-refractivity contribution in [3.05, 3.63) is 73.6 Å². The van der Waals surface area contributed by atoms with Crippen molar-refractivity contribution >= 4 is 39.9 Å². The van der Waals surface area contributed by atoms with Gasteiger partial charge < -0.3 is 5.32 Å². The number of nitrogens with zero attached hydrogens (tertiary/aromatic N) is 3. The number of nitrogens with one attached hydrogen (secondary N) is 1. The number of carbonyl (C=O) groups excluding carboxylic acids is 3. The van der Waals surface area contributed by atoms with Crippen LogP contribution in [0.1, 0.15) is 44.3 Å². The molecule has 2 heterocycles. The largest absolute Gasteiger partial charge is 0.300 e. The molecule has 33 heavy (non-hydrogen) atoms. The van der Waals surface area contributed by atoms with Crippen molar-refractivity contribution in [3.63, 3.8) is 0 Å². The van der Waals surface area contributed by atoms with Gasteiger partial charge in [-0.25, -0.2) is 4.98 Å². The molecule has 1 aliphatic rings. The number of hydrogen-bond donors (Lipinski definition) is 1. The third kappa shape index (κ3) is 3.78. The molecular formula is C23H20N4O5S. The lowest BCUT2D eigenvalue weighted by molar-refractivity contribution is -0.385. The molecule has 0 saturated heterocycles. The zero-order valence-corrected chi connectivity index (χ0v) is 19.1. The van der Waals surface area contributed by atoms with Crippen LogP contribution in [0.25, 0.3) is 11.3 Å².